The Morgan fingerprint density at radius 1 is 1.11 bits per heavy atom. The van der Waals surface area contributed by atoms with Crippen LogP contribution < -0.4 is 10.6 Å². The molecule has 0 aliphatic rings. The second kappa shape index (κ2) is 9.26. The number of anilines is 1. The van der Waals surface area contributed by atoms with Crippen LogP contribution in [0, 0.1) is 0 Å². The van der Waals surface area contributed by atoms with E-state index in [-0.39, 0.29) is 12.1 Å². The van der Waals surface area contributed by atoms with Crippen LogP contribution in [0.15, 0.2) is 71.3 Å². The smallest absolute Gasteiger partial charge is 0.319 e. The molecule has 1 atom stereocenters. The van der Waals surface area contributed by atoms with Gasteiger partial charge in [0.15, 0.2) is 0 Å². The zero-order valence-corrected chi connectivity index (χ0v) is 15.7. The van der Waals surface area contributed by atoms with Crippen molar-refractivity contribution in [2.75, 3.05) is 5.32 Å². The lowest BCUT2D eigenvalue weighted by Gasteiger charge is -2.15. The first kappa shape index (κ1) is 19.0. The van der Waals surface area contributed by atoms with Gasteiger partial charge < -0.3 is 19.8 Å². The molecular formula is C21H21ClN2O3. The summed E-state index contributed by atoms with van der Waals surface area (Å²) in [5.74, 6) is 0.778. The van der Waals surface area contributed by atoms with Crippen LogP contribution in [0.1, 0.15) is 29.9 Å². The number of carbonyl (C=O) groups excluding carboxylic acids is 1. The van der Waals surface area contributed by atoms with E-state index < -0.39 is 0 Å². The average molecular weight is 385 g/mol. The standard InChI is InChI=1S/C21H21ClN2O3/c1-15(17-7-9-18(22)10-8-17)23-21(25)24-19-5-2-4-16(12-19)13-26-14-20-6-3-11-27-20/h2-12,15H,13-14H2,1H3,(H2,23,24,25). The van der Waals surface area contributed by atoms with Gasteiger partial charge in [0.25, 0.3) is 0 Å². The third-order valence-corrected chi connectivity index (χ3v) is 4.25. The van der Waals surface area contributed by atoms with E-state index in [2.05, 4.69) is 10.6 Å². The van der Waals surface area contributed by atoms with Crippen molar-refractivity contribution in [2.24, 2.45) is 0 Å². The van der Waals surface area contributed by atoms with Gasteiger partial charge in [-0.3, -0.25) is 0 Å². The fourth-order valence-corrected chi connectivity index (χ4v) is 2.73. The van der Waals surface area contributed by atoms with Crippen LogP contribution in [0.4, 0.5) is 10.5 Å². The summed E-state index contributed by atoms with van der Waals surface area (Å²) in [4.78, 5) is 12.3. The monoisotopic (exact) mass is 384 g/mol. The van der Waals surface area contributed by atoms with Gasteiger partial charge in [-0.2, -0.15) is 0 Å². The highest BCUT2D eigenvalue weighted by atomic mass is 35.5. The van der Waals surface area contributed by atoms with Gasteiger partial charge in [0.2, 0.25) is 0 Å². The Morgan fingerprint density at radius 3 is 2.67 bits per heavy atom. The summed E-state index contributed by atoms with van der Waals surface area (Å²) in [6, 6.07) is 18.2. The van der Waals surface area contributed by atoms with Crippen molar-refractivity contribution < 1.29 is 13.9 Å². The molecule has 0 saturated heterocycles. The van der Waals surface area contributed by atoms with E-state index in [1.54, 1.807) is 18.4 Å². The van der Waals surface area contributed by atoms with E-state index in [9.17, 15) is 4.79 Å². The Bertz CT molecular complexity index is 863. The lowest BCUT2D eigenvalue weighted by molar-refractivity contribution is 0.0930. The highest BCUT2D eigenvalue weighted by Gasteiger charge is 2.10. The minimum atomic E-state index is -0.272. The molecule has 6 heteroatoms. The Labute approximate surface area is 163 Å². The van der Waals surface area contributed by atoms with Crippen molar-refractivity contribution in [1.82, 2.24) is 5.32 Å². The quantitative estimate of drug-likeness (QED) is 0.562. The maximum atomic E-state index is 12.3. The fourth-order valence-electron chi connectivity index (χ4n) is 2.60. The highest BCUT2D eigenvalue weighted by Crippen LogP contribution is 2.17. The van der Waals surface area contributed by atoms with Crippen LogP contribution in [-0.4, -0.2) is 6.03 Å². The van der Waals surface area contributed by atoms with Gasteiger partial charge >= 0.3 is 6.03 Å². The molecule has 2 amide bonds. The second-order valence-electron chi connectivity index (χ2n) is 6.14. The zero-order valence-electron chi connectivity index (χ0n) is 14.9. The van der Waals surface area contributed by atoms with Crippen molar-refractivity contribution in [1.29, 1.82) is 0 Å². The topological polar surface area (TPSA) is 63.5 Å². The molecule has 0 fully saturated rings. The second-order valence-corrected chi connectivity index (χ2v) is 6.58. The number of rotatable bonds is 7. The van der Waals surface area contributed by atoms with Crippen LogP contribution in [-0.2, 0) is 18.0 Å². The third-order valence-electron chi connectivity index (χ3n) is 4.00. The number of halogens is 1. The number of hydrogen-bond acceptors (Lipinski definition) is 3. The normalized spacial score (nSPS) is 11.8. The van der Waals surface area contributed by atoms with Crippen molar-refractivity contribution in [3.63, 3.8) is 0 Å². The van der Waals surface area contributed by atoms with E-state index in [0.29, 0.717) is 23.9 Å². The molecule has 3 aromatic rings. The molecule has 3 rings (SSSR count). The molecule has 140 valence electrons. The molecule has 1 aromatic heterocycles. The number of nitrogens with one attached hydrogen (secondary N) is 2. The molecule has 0 saturated carbocycles. The first-order valence-corrected chi connectivity index (χ1v) is 9.00. The summed E-state index contributed by atoms with van der Waals surface area (Å²) in [5.41, 5.74) is 2.65. The van der Waals surface area contributed by atoms with Gasteiger partial charge in [0.1, 0.15) is 12.4 Å². The number of furan rings is 1. The molecule has 0 bridgehead atoms. The van der Waals surface area contributed by atoms with Crippen LogP contribution in [0.2, 0.25) is 5.02 Å². The fraction of sp³-hybridized carbons (Fsp3) is 0.190. The summed E-state index contributed by atoms with van der Waals surface area (Å²) >= 11 is 5.89. The van der Waals surface area contributed by atoms with Crippen molar-refractivity contribution in [3.8, 4) is 0 Å². The molecule has 0 radical (unpaired) electrons. The van der Waals surface area contributed by atoms with E-state index in [1.807, 2.05) is 55.5 Å². The zero-order chi connectivity index (χ0) is 19.1. The molecule has 0 spiro atoms. The lowest BCUT2D eigenvalue weighted by atomic mass is 10.1. The van der Waals surface area contributed by atoms with Crippen LogP contribution in [0.3, 0.4) is 0 Å². The first-order valence-electron chi connectivity index (χ1n) is 8.62. The van der Waals surface area contributed by atoms with Crippen LogP contribution in [0.5, 0.6) is 0 Å². The largest absolute Gasteiger partial charge is 0.467 e. The number of benzene rings is 2. The molecule has 1 heterocycles. The maximum absolute atomic E-state index is 12.3. The van der Waals surface area contributed by atoms with Gasteiger partial charge in [-0.15, -0.1) is 0 Å². The molecule has 0 aliphatic carbocycles. The van der Waals surface area contributed by atoms with Crippen molar-refractivity contribution in [2.45, 2.75) is 26.2 Å². The molecular weight excluding hydrogens is 364 g/mol. The van der Waals surface area contributed by atoms with Gasteiger partial charge in [0, 0.05) is 10.7 Å². The van der Waals surface area contributed by atoms with Crippen molar-refractivity contribution in [3.05, 3.63) is 88.8 Å². The Kier molecular flexibility index (Phi) is 6.52. The van der Waals surface area contributed by atoms with Crippen LogP contribution >= 0.6 is 11.6 Å². The summed E-state index contributed by atoms with van der Waals surface area (Å²) in [5, 5.41) is 6.42. The average Bonchev–Trinajstić information content (AvgIpc) is 3.16. The number of carbonyl (C=O) groups is 1. The van der Waals surface area contributed by atoms with Gasteiger partial charge in [0.05, 0.1) is 18.9 Å². The molecule has 2 N–H and O–H groups in total. The minimum absolute atomic E-state index is 0.137. The number of ether oxygens (including phenoxy) is 1. The molecule has 0 aliphatic heterocycles. The van der Waals surface area contributed by atoms with Crippen LogP contribution in [0.25, 0.3) is 0 Å². The first-order chi connectivity index (χ1) is 13.1. The van der Waals surface area contributed by atoms with E-state index in [4.69, 9.17) is 20.8 Å². The Morgan fingerprint density at radius 2 is 1.93 bits per heavy atom. The molecule has 5 nitrogen and oxygen atoms in total. The molecule has 2 aromatic carbocycles. The Balaban J connectivity index is 1.50. The third kappa shape index (κ3) is 5.88. The number of amides is 2. The van der Waals surface area contributed by atoms with E-state index >= 15 is 0 Å². The van der Waals surface area contributed by atoms with E-state index in [1.165, 1.54) is 0 Å². The number of urea groups is 1. The van der Waals surface area contributed by atoms with Gasteiger partial charge in [-0.1, -0.05) is 35.9 Å². The predicted octanol–water partition coefficient (Wildman–Crippen LogP) is 5.53. The molecule has 27 heavy (non-hydrogen) atoms. The highest BCUT2D eigenvalue weighted by molar-refractivity contribution is 6.30. The summed E-state index contributed by atoms with van der Waals surface area (Å²) in [7, 11) is 0. The summed E-state index contributed by atoms with van der Waals surface area (Å²) in [6.45, 7) is 2.75. The summed E-state index contributed by atoms with van der Waals surface area (Å²) < 4.78 is 10.9. The van der Waals surface area contributed by atoms with E-state index in [0.717, 1.165) is 16.9 Å². The predicted molar refractivity (Wildman–Crippen MR) is 106 cm³/mol. The molecule has 1 unspecified atom stereocenters. The summed E-state index contributed by atoms with van der Waals surface area (Å²) in [6.07, 6.45) is 1.62. The van der Waals surface area contributed by atoms with Gasteiger partial charge in [-0.25, -0.2) is 4.79 Å². The Hall–Kier alpha value is -2.76. The minimum Gasteiger partial charge on any atom is -0.467 e. The van der Waals surface area contributed by atoms with Crippen molar-refractivity contribution >= 4 is 23.3 Å². The van der Waals surface area contributed by atoms with Gasteiger partial charge in [-0.05, 0) is 54.4 Å². The maximum Gasteiger partial charge on any atom is 0.319 e. The lowest BCUT2D eigenvalue weighted by Crippen LogP contribution is -2.31. The number of hydrogen-bond donors (Lipinski definition) is 2. The SMILES string of the molecule is CC(NC(=O)Nc1cccc(COCc2ccco2)c1)c1ccc(Cl)cc1.